The van der Waals surface area contributed by atoms with Crippen LogP contribution in [-0.4, -0.2) is 74.5 Å². The summed E-state index contributed by atoms with van der Waals surface area (Å²) in [5.74, 6) is 0.101. The van der Waals surface area contributed by atoms with Crippen molar-refractivity contribution in [3.8, 4) is 0 Å². The first-order valence-corrected chi connectivity index (χ1v) is 15.0. The van der Waals surface area contributed by atoms with E-state index in [9.17, 15) is 33.7 Å². The number of hydrogen-bond acceptors (Lipinski definition) is 13. The fraction of sp³-hybridized carbons (Fsp3) is 0.353. The molecule has 6 atom stereocenters. The van der Waals surface area contributed by atoms with Crippen LogP contribution in [0, 0.1) is 0 Å². The van der Waals surface area contributed by atoms with E-state index in [-0.39, 0.29) is 11.5 Å². The van der Waals surface area contributed by atoms with Crippen molar-refractivity contribution in [2.24, 2.45) is 0 Å². The number of rotatable bonds is 10. The van der Waals surface area contributed by atoms with E-state index in [4.69, 9.17) is 20.3 Å². The number of nitrogens with zero attached hydrogens (tertiary/aromatic N) is 4. The number of anilines is 1. The summed E-state index contributed by atoms with van der Waals surface area (Å²) in [5, 5.41) is 25.9. The van der Waals surface area contributed by atoms with Gasteiger partial charge in [-0.25, -0.2) is 28.3 Å². The van der Waals surface area contributed by atoms with E-state index in [0.29, 0.717) is 17.5 Å². The average Bonchev–Trinajstić information content (AvgIpc) is 3.29. The van der Waals surface area contributed by atoms with Gasteiger partial charge in [-0.3, -0.25) is 4.52 Å². The van der Waals surface area contributed by atoms with Gasteiger partial charge in [0.05, 0.1) is 17.7 Å². The van der Waals surface area contributed by atoms with Crippen molar-refractivity contribution in [3.63, 3.8) is 0 Å². The van der Waals surface area contributed by atoms with Crippen molar-refractivity contribution in [2.45, 2.75) is 31.0 Å². The molecule has 4 unspecified atom stereocenters. The van der Waals surface area contributed by atoms with Gasteiger partial charge >= 0.3 is 23.5 Å². The predicted octanol–water partition coefficient (Wildman–Crippen LogP) is -0.0382. The third-order valence-electron chi connectivity index (χ3n) is 5.20. The quantitative estimate of drug-likeness (QED) is 0.151. The number of aliphatic hydroxyl groups is 2. The SMILES string of the molecule is Nc1ncnc2c1c(Cc1ccccc1)nn2[C@@H]1O[C@H](COP(=O)(O)OP(=O)(O)OP(=O)(O)O)C(O)C1O. The lowest BCUT2D eigenvalue weighted by Gasteiger charge is -2.19. The zero-order valence-corrected chi connectivity index (χ0v) is 21.6. The zero-order valence-electron chi connectivity index (χ0n) is 18.9. The number of phosphoric ester groups is 1. The molecule has 8 N–H and O–H groups in total. The first-order chi connectivity index (χ1) is 17.7. The maximum Gasteiger partial charge on any atom is 0.490 e. The molecule has 2 aromatic heterocycles. The van der Waals surface area contributed by atoms with Gasteiger partial charge in [-0.2, -0.15) is 13.7 Å². The molecule has 4 rings (SSSR count). The van der Waals surface area contributed by atoms with Crippen molar-refractivity contribution < 1.29 is 61.4 Å². The summed E-state index contributed by atoms with van der Waals surface area (Å²) in [4.78, 5) is 44.2. The third kappa shape index (κ3) is 6.70. The lowest BCUT2D eigenvalue weighted by atomic mass is 10.1. The highest BCUT2D eigenvalue weighted by Gasteiger charge is 2.47. The lowest BCUT2D eigenvalue weighted by Crippen LogP contribution is -2.33. The van der Waals surface area contributed by atoms with Crippen LogP contribution in [0.1, 0.15) is 17.5 Å². The fourth-order valence-corrected chi connectivity index (χ4v) is 6.73. The van der Waals surface area contributed by atoms with Crippen molar-refractivity contribution in [2.75, 3.05) is 12.3 Å². The molecule has 3 heterocycles. The minimum Gasteiger partial charge on any atom is -0.387 e. The van der Waals surface area contributed by atoms with E-state index in [1.807, 2.05) is 30.3 Å². The van der Waals surface area contributed by atoms with E-state index >= 15 is 0 Å². The number of phosphoric acid groups is 3. The highest BCUT2D eigenvalue weighted by molar-refractivity contribution is 7.66. The van der Waals surface area contributed by atoms with Crippen LogP contribution in [0.15, 0.2) is 36.7 Å². The number of fused-ring (bicyclic) bond motifs is 1. The van der Waals surface area contributed by atoms with Crippen LogP contribution in [0.4, 0.5) is 5.82 Å². The van der Waals surface area contributed by atoms with Crippen LogP contribution < -0.4 is 5.73 Å². The summed E-state index contributed by atoms with van der Waals surface area (Å²) in [6, 6.07) is 9.21. The van der Waals surface area contributed by atoms with Crippen molar-refractivity contribution >= 4 is 40.3 Å². The molecule has 0 amide bonds. The van der Waals surface area contributed by atoms with Crippen molar-refractivity contribution in [1.82, 2.24) is 19.7 Å². The molecule has 0 aliphatic carbocycles. The molecule has 3 aromatic rings. The summed E-state index contributed by atoms with van der Waals surface area (Å²) in [6.45, 7) is -0.981. The molecule has 208 valence electrons. The fourth-order valence-electron chi connectivity index (χ4n) is 3.70. The molecule has 1 saturated heterocycles. The molecule has 1 fully saturated rings. The van der Waals surface area contributed by atoms with Gasteiger partial charge in [0.1, 0.15) is 30.5 Å². The van der Waals surface area contributed by atoms with Gasteiger partial charge in [0.15, 0.2) is 11.9 Å². The number of benzene rings is 1. The van der Waals surface area contributed by atoms with Gasteiger partial charge in [0.2, 0.25) is 0 Å². The Hall–Kier alpha value is -2.14. The second-order valence-electron chi connectivity index (χ2n) is 7.94. The molecule has 1 aliphatic heterocycles. The monoisotopic (exact) mass is 597 g/mol. The largest absolute Gasteiger partial charge is 0.490 e. The number of ether oxygens (including phenoxy) is 1. The average molecular weight is 597 g/mol. The first kappa shape index (κ1) is 28.9. The van der Waals surface area contributed by atoms with Crippen LogP contribution in [0.5, 0.6) is 0 Å². The lowest BCUT2D eigenvalue weighted by molar-refractivity contribution is -0.0559. The summed E-state index contributed by atoms with van der Waals surface area (Å²) in [6.07, 6.45) is -4.80. The first-order valence-electron chi connectivity index (χ1n) is 10.5. The Morgan fingerprint density at radius 1 is 0.974 bits per heavy atom. The third-order valence-corrected chi connectivity index (χ3v) is 9.00. The van der Waals surface area contributed by atoms with Crippen LogP contribution in [-0.2, 0) is 38.0 Å². The van der Waals surface area contributed by atoms with Crippen LogP contribution in [0.25, 0.3) is 11.0 Å². The molecule has 18 nitrogen and oxygen atoms in total. The number of aromatic nitrogens is 4. The van der Waals surface area contributed by atoms with Crippen molar-refractivity contribution in [1.29, 1.82) is 0 Å². The Morgan fingerprint density at radius 2 is 1.66 bits per heavy atom. The van der Waals surface area contributed by atoms with E-state index in [1.54, 1.807) is 0 Å². The molecule has 0 radical (unpaired) electrons. The van der Waals surface area contributed by atoms with Gasteiger partial charge in [0, 0.05) is 6.42 Å². The molecule has 0 saturated carbocycles. The molecular formula is C17H22N5O13P3. The molecule has 1 aromatic carbocycles. The van der Waals surface area contributed by atoms with E-state index in [1.165, 1.54) is 0 Å². The standard InChI is InChI=1S/C17H22N5O13P3/c18-15-12-10(6-9-4-2-1-3-5-9)21-22(16(12)20-8-19-15)17-14(24)13(23)11(33-17)7-32-37(28,29)35-38(30,31)34-36(25,26)27/h1-5,8,11,13-14,17,23-24H,6-7H2,(H,28,29)(H,30,31)(H2,18,19,20)(H2,25,26,27)/t11-,13?,14?,17-/m1/s1. The highest BCUT2D eigenvalue weighted by Crippen LogP contribution is 2.66. The Morgan fingerprint density at radius 3 is 2.32 bits per heavy atom. The van der Waals surface area contributed by atoms with Gasteiger partial charge in [-0.05, 0) is 5.56 Å². The van der Waals surface area contributed by atoms with Crippen LogP contribution >= 0.6 is 23.5 Å². The van der Waals surface area contributed by atoms with Gasteiger partial charge in [0.25, 0.3) is 0 Å². The molecule has 1 aliphatic rings. The second-order valence-corrected chi connectivity index (χ2v) is 12.4. The number of nitrogen functional groups attached to an aromatic ring is 1. The van der Waals surface area contributed by atoms with Crippen LogP contribution in [0.3, 0.4) is 0 Å². The van der Waals surface area contributed by atoms with E-state index in [2.05, 4.69) is 28.2 Å². The Bertz CT molecular complexity index is 1450. The highest BCUT2D eigenvalue weighted by atomic mass is 31.3. The van der Waals surface area contributed by atoms with Gasteiger partial charge in [-0.15, -0.1) is 0 Å². The summed E-state index contributed by atoms with van der Waals surface area (Å²) < 4.78 is 52.7. The topological polar surface area (TPSA) is 279 Å². The predicted molar refractivity (Wildman–Crippen MR) is 125 cm³/mol. The Balaban J connectivity index is 1.53. The summed E-state index contributed by atoms with van der Waals surface area (Å²) in [5.41, 5.74) is 7.52. The van der Waals surface area contributed by atoms with Crippen molar-refractivity contribution in [3.05, 3.63) is 47.9 Å². The normalized spacial score (nSPS) is 25.3. The van der Waals surface area contributed by atoms with E-state index < -0.39 is 54.6 Å². The van der Waals surface area contributed by atoms with Crippen LogP contribution in [0.2, 0.25) is 0 Å². The number of hydrogen-bond donors (Lipinski definition) is 7. The van der Waals surface area contributed by atoms with Gasteiger partial charge < -0.3 is 40.3 Å². The minimum atomic E-state index is -5.74. The maximum absolute atomic E-state index is 12.0. The number of aliphatic hydroxyl groups excluding tert-OH is 2. The molecule has 38 heavy (non-hydrogen) atoms. The molecule has 0 spiro atoms. The van der Waals surface area contributed by atoms with E-state index in [0.717, 1.165) is 16.6 Å². The maximum atomic E-state index is 12.0. The zero-order chi connectivity index (χ0) is 27.9. The summed E-state index contributed by atoms with van der Waals surface area (Å²) in [7, 11) is -16.8. The van der Waals surface area contributed by atoms with Gasteiger partial charge in [-0.1, -0.05) is 30.3 Å². The number of nitrogens with two attached hydrogens (primary N) is 1. The molecular weight excluding hydrogens is 575 g/mol. The summed E-state index contributed by atoms with van der Waals surface area (Å²) >= 11 is 0. The molecule has 0 bridgehead atoms. The molecule has 21 heteroatoms. The Labute approximate surface area is 213 Å². The Kier molecular flexibility index (Phi) is 8.19. The second kappa shape index (κ2) is 10.8. The minimum absolute atomic E-state index is 0.101. The smallest absolute Gasteiger partial charge is 0.387 e.